The molecule has 1 unspecified atom stereocenters. The number of aromatic amines is 1. The van der Waals surface area contributed by atoms with Crippen molar-refractivity contribution >= 4 is 35.3 Å². The van der Waals surface area contributed by atoms with Crippen LogP contribution < -0.4 is 20.8 Å². The number of hydrogen-bond acceptors (Lipinski definition) is 9. The summed E-state index contributed by atoms with van der Waals surface area (Å²) in [5.41, 5.74) is 1.82. The van der Waals surface area contributed by atoms with Crippen LogP contribution in [0.4, 0.5) is 11.9 Å². The van der Waals surface area contributed by atoms with Gasteiger partial charge in [0.2, 0.25) is 17.3 Å². The van der Waals surface area contributed by atoms with Crippen LogP contribution in [0.25, 0.3) is 0 Å². The quantitative estimate of drug-likeness (QED) is 0.291. The molecule has 11 heteroatoms. The van der Waals surface area contributed by atoms with Crippen LogP contribution in [0.15, 0.2) is 34.2 Å². The van der Waals surface area contributed by atoms with Crippen molar-refractivity contribution in [3.8, 4) is 11.6 Å². The first-order valence-corrected chi connectivity index (χ1v) is 13.6. The van der Waals surface area contributed by atoms with Crippen LogP contribution >= 0.6 is 23.4 Å². The number of halogens is 1. The van der Waals surface area contributed by atoms with Gasteiger partial charge in [0, 0.05) is 18.7 Å². The van der Waals surface area contributed by atoms with Crippen molar-refractivity contribution in [3.63, 3.8) is 0 Å². The van der Waals surface area contributed by atoms with Gasteiger partial charge in [0.15, 0.2) is 5.16 Å². The molecule has 2 heterocycles. The van der Waals surface area contributed by atoms with Crippen LogP contribution in [0.5, 0.6) is 11.6 Å². The van der Waals surface area contributed by atoms with Crippen LogP contribution in [0.1, 0.15) is 57.6 Å². The van der Waals surface area contributed by atoms with Gasteiger partial charge < -0.3 is 15.4 Å². The van der Waals surface area contributed by atoms with Gasteiger partial charge in [0.05, 0.1) is 0 Å². The van der Waals surface area contributed by atoms with Crippen LogP contribution in [0.3, 0.4) is 0 Å². The molecule has 9 nitrogen and oxygen atoms in total. The van der Waals surface area contributed by atoms with Gasteiger partial charge in [-0.05, 0) is 62.8 Å². The van der Waals surface area contributed by atoms with Crippen molar-refractivity contribution in [3.05, 3.63) is 50.8 Å². The number of aryl methyl sites for hydroxylation is 1. The standard InChI is InChI=1S/C14H13ClN2O2.C11H21N5S/c1-8-3-2-4-10(9-5-6-9)13(8)19-14-11(18)7-12(15)16-17-14;1-6-12-9-14-10(13-8(4)7(2)3)16-11(15-9)17-5/h2-4,7,9H,5-6H2,1H3,(H,16,18);7-8H,6H2,1-5H3,(H2,12,13,14,15,16). The Labute approximate surface area is 221 Å². The Hall–Kier alpha value is -2.85. The summed E-state index contributed by atoms with van der Waals surface area (Å²) < 4.78 is 5.71. The third kappa shape index (κ3) is 7.83. The monoisotopic (exact) mass is 531 g/mol. The maximum absolute atomic E-state index is 11.8. The van der Waals surface area contributed by atoms with Crippen LogP contribution in [-0.4, -0.2) is 44.0 Å². The van der Waals surface area contributed by atoms with Gasteiger partial charge in [0.25, 0.3) is 5.88 Å². The first-order valence-electron chi connectivity index (χ1n) is 12.0. The van der Waals surface area contributed by atoms with Gasteiger partial charge in [-0.2, -0.15) is 15.0 Å². The highest BCUT2D eigenvalue weighted by atomic mass is 35.5. The number of H-pyrrole nitrogens is 1. The molecule has 0 saturated heterocycles. The molecule has 194 valence electrons. The summed E-state index contributed by atoms with van der Waals surface area (Å²) in [5, 5.41) is 13.7. The summed E-state index contributed by atoms with van der Waals surface area (Å²) in [5.74, 6) is 3.12. The van der Waals surface area contributed by atoms with E-state index in [0.29, 0.717) is 29.8 Å². The highest BCUT2D eigenvalue weighted by Crippen LogP contribution is 2.45. The van der Waals surface area contributed by atoms with Crippen LogP contribution in [0, 0.1) is 12.8 Å². The highest BCUT2D eigenvalue weighted by Gasteiger charge is 2.28. The van der Waals surface area contributed by atoms with Crippen LogP contribution in [-0.2, 0) is 0 Å². The lowest BCUT2D eigenvalue weighted by Gasteiger charge is -2.17. The number of rotatable bonds is 9. The normalized spacial score (nSPS) is 13.6. The zero-order chi connectivity index (χ0) is 26.2. The Kier molecular flexibility index (Phi) is 9.95. The van der Waals surface area contributed by atoms with Gasteiger partial charge in [-0.1, -0.05) is 55.4 Å². The molecule has 0 aliphatic heterocycles. The summed E-state index contributed by atoms with van der Waals surface area (Å²) in [6.45, 7) is 11.2. The predicted molar refractivity (Wildman–Crippen MR) is 147 cm³/mol. The lowest BCUT2D eigenvalue weighted by atomic mass is 10.1. The van der Waals surface area contributed by atoms with Crippen molar-refractivity contribution < 1.29 is 4.74 Å². The topological polar surface area (TPSA) is 118 Å². The van der Waals surface area contributed by atoms with Crippen molar-refractivity contribution in [2.75, 3.05) is 23.4 Å². The van der Waals surface area contributed by atoms with Gasteiger partial charge in [-0.15, -0.1) is 5.10 Å². The number of aromatic nitrogens is 5. The molecule has 0 spiro atoms. The van der Waals surface area contributed by atoms with E-state index in [1.165, 1.54) is 30.7 Å². The molecule has 1 aromatic carbocycles. The number of benzene rings is 1. The van der Waals surface area contributed by atoms with Gasteiger partial charge in [-0.25, -0.2) is 0 Å². The molecular weight excluding hydrogens is 498 g/mol. The van der Waals surface area contributed by atoms with Gasteiger partial charge in [0.1, 0.15) is 10.9 Å². The average Bonchev–Trinajstić information content (AvgIpc) is 3.67. The van der Waals surface area contributed by atoms with Crippen molar-refractivity contribution in [2.24, 2.45) is 5.92 Å². The molecule has 1 aliphatic rings. The Morgan fingerprint density at radius 3 is 2.53 bits per heavy atom. The second-order valence-electron chi connectivity index (χ2n) is 8.93. The average molecular weight is 532 g/mol. The molecule has 4 rings (SSSR count). The molecule has 1 atom stereocenters. The first-order chi connectivity index (χ1) is 17.2. The Morgan fingerprint density at radius 2 is 1.92 bits per heavy atom. The van der Waals surface area contributed by atoms with Crippen LogP contribution in [0.2, 0.25) is 5.15 Å². The molecule has 1 aliphatic carbocycles. The Bertz CT molecular complexity index is 1220. The second-order valence-corrected chi connectivity index (χ2v) is 10.1. The fraction of sp³-hybridized carbons (Fsp3) is 0.480. The zero-order valence-corrected chi connectivity index (χ0v) is 23.1. The number of thioether (sulfide) groups is 1. The molecule has 0 bridgehead atoms. The molecule has 1 fully saturated rings. The van der Waals surface area contributed by atoms with E-state index in [0.717, 1.165) is 28.6 Å². The van der Waals surface area contributed by atoms with Crippen molar-refractivity contribution in [1.82, 2.24) is 25.1 Å². The molecule has 3 N–H and O–H groups in total. The molecule has 1 saturated carbocycles. The summed E-state index contributed by atoms with van der Waals surface area (Å²) in [7, 11) is 0. The minimum absolute atomic E-state index is 0.0283. The molecular formula is C25H34ClN7O2S. The van der Waals surface area contributed by atoms with Gasteiger partial charge >= 0.3 is 0 Å². The lowest BCUT2D eigenvalue weighted by Crippen LogP contribution is -2.23. The minimum atomic E-state index is -0.325. The maximum Gasteiger partial charge on any atom is 0.285 e. The first kappa shape index (κ1) is 27.7. The number of nitrogens with zero attached hydrogens (tertiary/aromatic N) is 4. The number of para-hydroxylation sites is 1. The summed E-state index contributed by atoms with van der Waals surface area (Å²) in [6.07, 6.45) is 4.30. The van der Waals surface area contributed by atoms with E-state index in [1.54, 1.807) is 0 Å². The zero-order valence-electron chi connectivity index (χ0n) is 21.6. The van der Waals surface area contributed by atoms with Crippen molar-refractivity contribution in [1.29, 1.82) is 0 Å². The van der Waals surface area contributed by atoms with Gasteiger partial charge in [-0.3, -0.25) is 9.89 Å². The second kappa shape index (κ2) is 12.9. The fourth-order valence-electron chi connectivity index (χ4n) is 3.19. The summed E-state index contributed by atoms with van der Waals surface area (Å²) in [6, 6.07) is 7.62. The van der Waals surface area contributed by atoms with E-state index >= 15 is 0 Å². The number of nitrogens with one attached hydrogen (secondary N) is 3. The largest absolute Gasteiger partial charge is 0.434 e. The summed E-state index contributed by atoms with van der Waals surface area (Å²) >= 11 is 7.19. The van der Waals surface area contributed by atoms with E-state index in [4.69, 9.17) is 16.3 Å². The SMILES string of the molecule is CCNc1nc(NC(C)C(C)C)nc(SC)n1.Cc1cccc(C2CC2)c1Oc1n[nH]c(Cl)cc1=O. The Balaban J connectivity index is 0.000000202. The third-order valence-corrected chi connectivity index (χ3v) is 6.42. The van der Waals surface area contributed by atoms with E-state index in [9.17, 15) is 4.79 Å². The van der Waals surface area contributed by atoms with Crippen molar-refractivity contribution in [2.45, 2.75) is 64.6 Å². The summed E-state index contributed by atoms with van der Waals surface area (Å²) in [4.78, 5) is 24.7. The third-order valence-electron chi connectivity index (χ3n) is 5.68. The lowest BCUT2D eigenvalue weighted by molar-refractivity contribution is 0.441. The Morgan fingerprint density at radius 1 is 1.19 bits per heavy atom. The highest BCUT2D eigenvalue weighted by molar-refractivity contribution is 7.98. The predicted octanol–water partition coefficient (Wildman–Crippen LogP) is 5.88. The minimum Gasteiger partial charge on any atom is -0.434 e. The van der Waals surface area contributed by atoms with E-state index < -0.39 is 0 Å². The van der Waals surface area contributed by atoms with E-state index in [2.05, 4.69) is 56.6 Å². The molecule has 36 heavy (non-hydrogen) atoms. The number of ether oxygens (including phenoxy) is 1. The fourth-order valence-corrected chi connectivity index (χ4v) is 3.69. The molecule has 0 radical (unpaired) electrons. The molecule has 0 amide bonds. The number of hydrogen-bond donors (Lipinski definition) is 3. The van der Waals surface area contributed by atoms with E-state index in [-0.39, 0.29) is 16.5 Å². The molecule has 2 aromatic heterocycles. The molecule has 3 aromatic rings. The maximum atomic E-state index is 11.8. The number of anilines is 2. The smallest absolute Gasteiger partial charge is 0.285 e. The van der Waals surface area contributed by atoms with E-state index in [1.807, 2.05) is 38.3 Å².